The van der Waals surface area contributed by atoms with Crippen molar-refractivity contribution in [3.63, 3.8) is 0 Å². The molecule has 0 aliphatic carbocycles. The zero-order chi connectivity index (χ0) is 19.4. The van der Waals surface area contributed by atoms with Crippen LogP contribution >= 0.6 is 0 Å². The average molecular weight is 376 g/mol. The van der Waals surface area contributed by atoms with Crippen LogP contribution in [0.15, 0.2) is 59.2 Å². The van der Waals surface area contributed by atoms with Gasteiger partial charge in [-0.1, -0.05) is 24.3 Å². The third kappa shape index (κ3) is 1.59. The fourth-order valence-corrected chi connectivity index (χ4v) is 5.26. The lowest BCUT2D eigenvalue weighted by Gasteiger charge is -2.15. The Balaban J connectivity index is 2.03. The SMILES string of the molecule is Cc1c2ccoc2c2cccc3c2c1c1c2c(nc(C)[n+]1C)c1ccccc1n32. The molecule has 4 heterocycles. The van der Waals surface area contributed by atoms with Crippen molar-refractivity contribution in [3.8, 4) is 0 Å². The van der Waals surface area contributed by atoms with Crippen molar-refractivity contribution in [2.45, 2.75) is 13.8 Å². The van der Waals surface area contributed by atoms with Crippen molar-refractivity contribution in [1.82, 2.24) is 9.38 Å². The minimum atomic E-state index is 0.965. The highest BCUT2D eigenvalue weighted by Crippen LogP contribution is 2.43. The van der Waals surface area contributed by atoms with Crippen LogP contribution in [0.1, 0.15) is 11.4 Å². The van der Waals surface area contributed by atoms with Gasteiger partial charge in [-0.25, -0.2) is 4.57 Å². The van der Waals surface area contributed by atoms with Gasteiger partial charge in [0.05, 0.1) is 29.7 Å². The van der Waals surface area contributed by atoms with Crippen molar-refractivity contribution >= 4 is 60.1 Å². The van der Waals surface area contributed by atoms with E-state index in [0.717, 1.165) is 22.3 Å². The van der Waals surface area contributed by atoms with Crippen LogP contribution in [-0.4, -0.2) is 9.38 Å². The second-order valence-corrected chi connectivity index (χ2v) is 7.98. The minimum absolute atomic E-state index is 0.965. The molecule has 0 saturated heterocycles. The van der Waals surface area contributed by atoms with Crippen LogP contribution in [0.25, 0.3) is 60.1 Å². The maximum atomic E-state index is 5.95. The Bertz CT molecular complexity index is 1790. The second kappa shape index (κ2) is 4.84. The molecule has 0 saturated carbocycles. The van der Waals surface area contributed by atoms with Crippen molar-refractivity contribution in [2.24, 2.45) is 7.05 Å². The summed E-state index contributed by atoms with van der Waals surface area (Å²) in [7, 11) is 2.12. The molecule has 0 bridgehead atoms. The normalized spacial score (nSPS) is 12.7. The highest BCUT2D eigenvalue weighted by atomic mass is 16.3. The van der Waals surface area contributed by atoms with E-state index in [2.05, 4.69) is 78.4 Å². The summed E-state index contributed by atoms with van der Waals surface area (Å²) in [5.41, 5.74) is 8.10. The van der Waals surface area contributed by atoms with Gasteiger partial charge >= 0.3 is 0 Å². The van der Waals surface area contributed by atoms with E-state index in [4.69, 9.17) is 9.40 Å². The van der Waals surface area contributed by atoms with E-state index in [9.17, 15) is 0 Å². The van der Waals surface area contributed by atoms with E-state index >= 15 is 0 Å². The highest BCUT2D eigenvalue weighted by Gasteiger charge is 2.28. The predicted molar refractivity (Wildman–Crippen MR) is 117 cm³/mol. The van der Waals surface area contributed by atoms with E-state index in [1.54, 1.807) is 6.26 Å². The van der Waals surface area contributed by atoms with Gasteiger partial charge in [-0.15, -0.1) is 0 Å². The van der Waals surface area contributed by atoms with Gasteiger partial charge in [0.25, 0.3) is 5.82 Å². The van der Waals surface area contributed by atoms with Crippen LogP contribution in [-0.2, 0) is 7.05 Å². The molecule has 0 aliphatic rings. The lowest BCUT2D eigenvalue weighted by molar-refractivity contribution is -0.653. The van der Waals surface area contributed by atoms with E-state index in [1.165, 1.54) is 49.2 Å². The number of rotatable bonds is 0. The van der Waals surface area contributed by atoms with Crippen LogP contribution in [0.2, 0.25) is 0 Å². The van der Waals surface area contributed by atoms with Crippen LogP contribution in [0.4, 0.5) is 0 Å². The van der Waals surface area contributed by atoms with E-state index in [0.29, 0.717) is 0 Å². The lowest BCUT2D eigenvalue weighted by atomic mass is 9.95. The predicted octanol–water partition coefficient (Wildman–Crippen LogP) is 5.57. The number of fused-ring (bicyclic) bond motifs is 7. The van der Waals surface area contributed by atoms with Crippen LogP contribution in [0.5, 0.6) is 0 Å². The van der Waals surface area contributed by atoms with Crippen LogP contribution in [0.3, 0.4) is 0 Å². The second-order valence-electron chi connectivity index (χ2n) is 7.98. The molecular formula is C25H18N3O+. The van der Waals surface area contributed by atoms with Gasteiger partial charge in [-0.05, 0) is 41.7 Å². The highest BCUT2D eigenvalue weighted by molar-refractivity contribution is 6.29. The monoisotopic (exact) mass is 376 g/mol. The molecule has 4 heteroatoms. The first-order chi connectivity index (χ1) is 14.2. The van der Waals surface area contributed by atoms with E-state index in [-0.39, 0.29) is 0 Å². The van der Waals surface area contributed by atoms with Gasteiger partial charge in [0.2, 0.25) is 5.52 Å². The molecule has 0 aliphatic heterocycles. The van der Waals surface area contributed by atoms with E-state index < -0.39 is 0 Å². The molecular weight excluding hydrogens is 358 g/mol. The number of aromatic nitrogens is 3. The number of hydrogen-bond donors (Lipinski definition) is 0. The van der Waals surface area contributed by atoms with E-state index in [1.807, 2.05) is 0 Å². The van der Waals surface area contributed by atoms with Gasteiger partial charge in [0.15, 0.2) is 5.52 Å². The maximum absolute atomic E-state index is 5.95. The summed E-state index contributed by atoms with van der Waals surface area (Å²) in [6.45, 7) is 4.30. The number of pyridine rings is 1. The standard InChI is InChI=1S/C25H18N3O/c1-13-15-11-12-29-25(15)17-8-6-10-19-21(17)20(13)23-24-22(26-14(2)27(23)3)16-7-4-5-9-18(16)28(19)24/h4-12H,1-3H3/q+1. The lowest BCUT2D eigenvalue weighted by Crippen LogP contribution is -2.34. The Kier molecular flexibility index (Phi) is 2.55. The average Bonchev–Trinajstić information content (AvgIpc) is 3.35. The number of aryl methyl sites for hydroxylation is 3. The summed E-state index contributed by atoms with van der Waals surface area (Å²) >= 11 is 0. The number of para-hydroxylation sites is 1. The minimum Gasteiger partial charge on any atom is -0.464 e. The van der Waals surface area contributed by atoms with Gasteiger partial charge in [0.1, 0.15) is 11.1 Å². The molecule has 0 spiro atoms. The quantitative estimate of drug-likeness (QED) is 0.197. The maximum Gasteiger partial charge on any atom is 0.296 e. The molecule has 0 radical (unpaired) electrons. The molecule has 138 valence electrons. The zero-order valence-electron chi connectivity index (χ0n) is 16.4. The Labute approximate surface area is 165 Å². The molecule has 7 aromatic rings. The summed E-state index contributed by atoms with van der Waals surface area (Å²) in [5, 5.41) is 6.08. The Morgan fingerprint density at radius 2 is 1.66 bits per heavy atom. The molecule has 29 heavy (non-hydrogen) atoms. The first kappa shape index (κ1) is 15.3. The smallest absolute Gasteiger partial charge is 0.296 e. The number of hydrogen-bond acceptors (Lipinski definition) is 2. The molecule has 3 aromatic carbocycles. The fraction of sp³-hybridized carbons (Fsp3) is 0.120. The van der Waals surface area contributed by atoms with Crippen molar-refractivity contribution in [1.29, 1.82) is 0 Å². The van der Waals surface area contributed by atoms with Gasteiger partial charge in [-0.2, -0.15) is 0 Å². The summed E-state index contributed by atoms with van der Waals surface area (Å²) in [6, 6.07) is 17.2. The molecule has 0 amide bonds. The first-order valence-corrected chi connectivity index (χ1v) is 9.90. The molecule has 4 nitrogen and oxygen atoms in total. The largest absolute Gasteiger partial charge is 0.464 e. The van der Waals surface area contributed by atoms with Crippen molar-refractivity contribution < 1.29 is 8.98 Å². The third-order valence-electron chi connectivity index (χ3n) is 6.63. The van der Waals surface area contributed by atoms with Gasteiger partial charge in [-0.3, -0.25) is 0 Å². The third-order valence-corrected chi connectivity index (χ3v) is 6.63. The summed E-state index contributed by atoms with van der Waals surface area (Å²) in [6.07, 6.45) is 1.80. The summed E-state index contributed by atoms with van der Waals surface area (Å²) < 4.78 is 10.6. The Hall–Kier alpha value is -3.66. The van der Waals surface area contributed by atoms with Crippen LogP contribution < -0.4 is 4.57 Å². The van der Waals surface area contributed by atoms with Crippen LogP contribution in [0, 0.1) is 13.8 Å². The summed E-state index contributed by atoms with van der Waals surface area (Å²) in [5.74, 6) is 1.01. The molecule has 0 N–H and O–H groups in total. The van der Waals surface area contributed by atoms with Gasteiger partial charge < -0.3 is 8.82 Å². The Morgan fingerprint density at radius 3 is 2.55 bits per heavy atom. The molecule has 4 aromatic heterocycles. The fourth-order valence-electron chi connectivity index (χ4n) is 5.26. The van der Waals surface area contributed by atoms with Gasteiger partial charge in [0, 0.05) is 28.5 Å². The Morgan fingerprint density at radius 1 is 0.862 bits per heavy atom. The molecule has 7 rings (SSSR count). The molecule has 0 unspecified atom stereocenters. The molecule has 0 atom stereocenters. The topological polar surface area (TPSA) is 34.3 Å². The van der Waals surface area contributed by atoms with Crippen molar-refractivity contribution in [2.75, 3.05) is 0 Å². The molecule has 0 fully saturated rings. The number of furan rings is 1. The summed E-state index contributed by atoms with van der Waals surface area (Å²) in [4.78, 5) is 5.01. The zero-order valence-corrected chi connectivity index (χ0v) is 16.4. The first-order valence-electron chi connectivity index (χ1n) is 9.90. The number of benzene rings is 3. The number of nitrogens with zero attached hydrogens (tertiary/aromatic N) is 3. The van der Waals surface area contributed by atoms with Crippen molar-refractivity contribution in [3.05, 3.63) is 66.2 Å².